The van der Waals surface area contributed by atoms with Crippen LogP contribution in [0, 0.1) is 0 Å². The van der Waals surface area contributed by atoms with E-state index in [4.69, 9.17) is 9.26 Å². The minimum absolute atomic E-state index is 0.473. The van der Waals surface area contributed by atoms with E-state index in [0.717, 1.165) is 25.3 Å². The Balaban J connectivity index is 1.86. The van der Waals surface area contributed by atoms with Crippen molar-refractivity contribution in [1.29, 1.82) is 0 Å². The van der Waals surface area contributed by atoms with Crippen molar-refractivity contribution in [2.75, 3.05) is 13.2 Å². The summed E-state index contributed by atoms with van der Waals surface area (Å²) in [6, 6.07) is 0.601. The van der Waals surface area contributed by atoms with Crippen LogP contribution in [0.25, 0.3) is 0 Å². The lowest BCUT2D eigenvalue weighted by molar-refractivity contribution is -0.0221. The number of aryl methyl sites for hydroxylation is 1. The molecule has 1 aromatic heterocycles. The Bertz CT molecular complexity index is 384. The zero-order valence-electron chi connectivity index (χ0n) is 12.2. The lowest BCUT2D eigenvalue weighted by Gasteiger charge is -2.22. The maximum absolute atomic E-state index is 5.63. The summed E-state index contributed by atoms with van der Waals surface area (Å²) < 4.78 is 10.9. The van der Waals surface area contributed by atoms with Gasteiger partial charge in [-0.25, -0.2) is 0 Å². The molecule has 1 aromatic rings. The molecular formula is C14H25N3O2. The van der Waals surface area contributed by atoms with Crippen LogP contribution in [0.1, 0.15) is 58.2 Å². The fourth-order valence-electron chi connectivity index (χ4n) is 2.49. The normalized spacial score (nSPS) is 20.7. The lowest BCUT2D eigenvalue weighted by atomic mass is 10.0. The second-order valence-corrected chi connectivity index (χ2v) is 5.64. The van der Waals surface area contributed by atoms with Crippen molar-refractivity contribution >= 4 is 0 Å². The fraction of sp³-hybridized carbons (Fsp3) is 0.857. The molecule has 1 aliphatic rings. The third kappa shape index (κ3) is 4.01. The Labute approximate surface area is 115 Å². The molecule has 19 heavy (non-hydrogen) atoms. The van der Waals surface area contributed by atoms with Crippen LogP contribution >= 0.6 is 0 Å². The van der Waals surface area contributed by atoms with E-state index in [1.54, 1.807) is 0 Å². The molecule has 5 nitrogen and oxygen atoms in total. The quantitative estimate of drug-likeness (QED) is 0.857. The first-order chi connectivity index (χ1) is 9.12. The molecule has 108 valence electrons. The van der Waals surface area contributed by atoms with Crippen LogP contribution in [-0.4, -0.2) is 29.3 Å². The Morgan fingerprint density at radius 3 is 2.95 bits per heavy atom. The summed E-state index contributed by atoms with van der Waals surface area (Å²) in [5.41, 5.74) is -0.473. The molecule has 5 heteroatoms. The number of hydrogen-bond donors (Lipinski definition) is 1. The third-order valence-corrected chi connectivity index (χ3v) is 3.63. The molecule has 1 atom stereocenters. The molecule has 1 unspecified atom stereocenters. The van der Waals surface area contributed by atoms with Crippen molar-refractivity contribution < 1.29 is 9.26 Å². The largest absolute Gasteiger partial charge is 0.368 e. The first-order valence-electron chi connectivity index (χ1n) is 7.32. The summed E-state index contributed by atoms with van der Waals surface area (Å²) in [5, 5.41) is 7.57. The Hall–Kier alpha value is -0.940. The van der Waals surface area contributed by atoms with Gasteiger partial charge in [-0.1, -0.05) is 11.6 Å². The number of nitrogens with zero attached hydrogens (tertiary/aromatic N) is 2. The Kier molecular flexibility index (Phi) is 4.93. The molecule has 1 N–H and O–H groups in total. The summed E-state index contributed by atoms with van der Waals surface area (Å²) in [7, 11) is 0. The van der Waals surface area contributed by atoms with Gasteiger partial charge in [-0.3, -0.25) is 0 Å². The van der Waals surface area contributed by atoms with E-state index in [2.05, 4.69) is 15.5 Å². The highest BCUT2D eigenvalue weighted by Gasteiger charge is 2.27. The number of ether oxygens (including phenoxy) is 1. The van der Waals surface area contributed by atoms with Gasteiger partial charge in [-0.05, 0) is 46.6 Å². The monoisotopic (exact) mass is 267 g/mol. The highest BCUT2D eigenvalue weighted by atomic mass is 16.5. The van der Waals surface area contributed by atoms with Gasteiger partial charge in [0.1, 0.15) is 5.60 Å². The van der Waals surface area contributed by atoms with Crippen molar-refractivity contribution in [3.05, 3.63) is 11.7 Å². The highest BCUT2D eigenvalue weighted by molar-refractivity contribution is 4.97. The minimum Gasteiger partial charge on any atom is -0.368 e. The van der Waals surface area contributed by atoms with Crippen LogP contribution in [0.3, 0.4) is 0 Å². The number of hydrogen-bond acceptors (Lipinski definition) is 5. The number of aromatic nitrogens is 2. The van der Waals surface area contributed by atoms with E-state index >= 15 is 0 Å². The smallest absolute Gasteiger partial charge is 0.226 e. The highest BCUT2D eigenvalue weighted by Crippen LogP contribution is 2.22. The maximum Gasteiger partial charge on any atom is 0.226 e. The van der Waals surface area contributed by atoms with Crippen LogP contribution in [0.5, 0.6) is 0 Å². The molecule has 0 aliphatic carbocycles. The van der Waals surface area contributed by atoms with Gasteiger partial charge in [0.15, 0.2) is 0 Å². The minimum atomic E-state index is -0.473. The van der Waals surface area contributed by atoms with E-state index in [1.165, 1.54) is 19.3 Å². The Morgan fingerprint density at radius 2 is 2.26 bits per heavy atom. The molecule has 0 saturated carbocycles. The molecule has 2 rings (SSSR count). The van der Waals surface area contributed by atoms with Crippen LogP contribution in [0.2, 0.25) is 0 Å². The average molecular weight is 267 g/mol. The zero-order valence-corrected chi connectivity index (χ0v) is 12.2. The van der Waals surface area contributed by atoms with E-state index in [0.29, 0.717) is 18.5 Å². The second kappa shape index (κ2) is 6.48. The van der Waals surface area contributed by atoms with Gasteiger partial charge in [-0.15, -0.1) is 0 Å². The summed E-state index contributed by atoms with van der Waals surface area (Å²) >= 11 is 0. The van der Waals surface area contributed by atoms with Crippen molar-refractivity contribution in [2.45, 2.75) is 64.5 Å². The van der Waals surface area contributed by atoms with Gasteiger partial charge >= 0.3 is 0 Å². The van der Waals surface area contributed by atoms with Gasteiger partial charge < -0.3 is 14.6 Å². The van der Waals surface area contributed by atoms with Crippen molar-refractivity contribution in [1.82, 2.24) is 15.5 Å². The third-order valence-electron chi connectivity index (χ3n) is 3.63. The average Bonchev–Trinajstić information content (AvgIpc) is 2.87. The molecule has 0 spiro atoms. The topological polar surface area (TPSA) is 60.2 Å². The predicted molar refractivity (Wildman–Crippen MR) is 72.9 cm³/mol. The van der Waals surface area contributed by atoms with Crippen LogP contribution in [0.4, 0.5) is 0 Å². The van der Waals surface area contributed by atoms with E-state index in [1.807, 2.05) is 20.8 Å². The van der Waals surface area contributed by atoms with E-state index < -0.39 is 5.60 Å². The summed E-state index contributed by atoms with van der Waals surface area (Å²) in [4.78, 5) is 4.45. The molecular weight excluding hydrogens is 242 g/mol. The molecule has 1 saturated heterocycles. The molecule has 2 heterocycles. The first-order valence-corrected chi connectivity index (χ1v) is 7.32. The van der Waals surface area contributed by atoms with Gasteiger partial charge in [0, 0.05) is 19.1 Å². The molecule has 1 aliphatic heterocycles. The lowest BCUT2D eigenvalue weighted by Crippen LogP contribution is -2.34. The Morgan fingerprint density at radius 1 is 1.42 bits per heavy atom. The maximum atomic E-state index is 5.63. The number of nitrogens with one attached hydrogen (secondary N) is 1. The van der Waals surface area contributed by atoms with Crippen molar-refractivity contribution in [3.8, 4) is 0 Å². The predicted octanol–water partition coefficient (Wildman–Crippen LogP) is 2.42. The van der Waals surface area contributed by atoms with Crippen LogP contribution in [0.15, 0.2) is 4.52 Å². The van der Waals surface area contributed by atoms with Crippen LogP contribution in [-0.2, 0) is 16.8 Å². The molecule has 0 radical (unpaired) electrons. The molecule has 0 aromatic carbocycles. The fourth-order valence-corrected chi connectivity index (χ4v) is 2.49. The standard InChI is InChI=1S/C14H25N3O2/c1-4-18-14(2,3)13-16-12(19-17-13)9-8-11-7-5-6-10-15-11/h11,15H,4-10H2,1-3H3. The van der Waals surface area contributed by atoms with Gasteiger partial charge in [0.25, 0.3) is 0 Å². The van der Waals surface area contributed by atoms with E-state index in [9.17, 15) is 0 Å². The molecule has 0 bridgehead atoms. The summed E-state index contributed by atoms with van der Waals surface area (Å²) in [6.07, 6.45) is 5.78. The van der Waals surface area contributed by atoms with E-state index in [-0.39, 0.29) is 0 Å². The van der Waals surface area contributed by atoms with Gasteiger partial charge in [0.05, 0.1) is 0 Å². The SMILES string of the molecule is CCOC(C)(C)c1noc(CCC2CCCCN2)n1. The summed E-state index contributed by atoms with van der Waals surface area (Å²) in [6.45, 7) is 7.68. The number of rotatable bonds is 6. The van der Waals surface area contributed by atoms with Crippen molar-refractivity contribution in [3.63, 3.8) is 0 Å². The van der Waals surface area contributed by atoms with Gasteiger partial charge in [0.2, 0.25) is 11.7 Å². The summed E-state index contributed by atoms with van der Waals surface area (Å²) in [5.74, 6) is 1.36. The van der Waals surface area contributed by atoms with Crippen molar-refractivity contribution in [2.24, 2.45) is 0 Å². The number of piperidine rings is 1. The zero-order chi connectivity index (χ0) is 13.7. The van der Waals surface area contributed by atoms with Crippen LogP contribution < -0.4 is 5.32 Å². The van der Waals surface area contributed by atoms with Gasteiger partial charge in [-0.2, -0.15) is 4.98 Å². The first kappa shape index (κ1) is 14.5. The second-order valence-electron chi connectivity index (χ2n) is 5.64. The molecule has 0 amide bonds. The molecule has 1 fully saturated rings.